The van der Waals surface area contributed by atoms with Crippen LogP contribution in [0.4, 0.5) is 9.59 Å². The van der Waals surface area contributed by atoms with Crippen LogP contribution in [0.1, 0.15) is 86.1 Å². The van der Waals surface area contributed by atoms with Crippen molar-refractivity contribution in [2.75, 3.05) is 7.11 Å². The molecule has 0 aliphatic heterocycles. The Labute approximate surface area is 236 Å². The molecule has 0 spiro atoms. The van der Waals surface area contributed by atoms with Crippen LogP contribution in [0.2, 0.25) is 0 Å². The van der Waals surface area contributed by atoms with Gasteiger partial charge in [0, 0.05) is 19.3 Å². The van der Waals surface area contributed by atoms with Gasteiger partial charge in [-0.15, -0.1) is 0 Å². The molecule has 0 amide bonds. The Kier molecular flexibility index (Phi) is 14.5. The molecule has 11 nitrogen and oxygen atoms in total. The highest BCUT2D eigenvalue weighted by Gasteiger charge is 2.38. The summed E-state index contributed by atoms with van der Waals surface area (Å²) in [6.07, 6.45) is -1.31. The maximum atomic E-state index is 12.8. The molecular weight excluding hydrogens is 522 g/mol. The highest BCUT2D eigenvalue weighted by Crippen LogP contribution is 2.32. The number of nitrogens with two attached hydrogens (primary N) is 1. The van der Waals surface area contributed by atoms with Crippen LogP contribution in [0.15, 0.2) is 18.2 Å². The Balaban J connectivity index is 3.24. The Morgan fingerprint density at radius 3 is 1.85 bits per heavy atom. The number of carbonyl (C=O) groups excluding carboxylic acids is 4. The predicted molar refractivity (Wildman–Crippen MR) is 147 cm³/mol. The summed E-state index contributed by atoms with van der Waals surface area (Å²) in [7, 11) is 1.21. The van der Waals surface area contributed by atoms with Crippen molar-refractivity contribution in [2.45, 2.75) is 111 Å². The van der Waals surface area contributed by atoms with E-state index in [0.29, 0.717) is 18.4 Å². The topological polar surface area (TPSA) is 150 Å². The molecule has 0 aromatic heterocycles. The smallest absolute Gasteiger partial charge is 0.468 e. The Bertz CT molecular complexity index is 997. The molecule has 1 rings (SSSR count). The SMILES string of the molecule is CCC(C)CC(=O)O[C@@H](C)CC(N)(Cc1ccc(OC(=O)OC(C)CC)c(OC(=O)OC(C)CC)c1)C(=O)OC. The van der Waals surface area contributed by atoms with Crippen molar-refractivity contribution in [3.8, 4) is 11.5 Å². The highest BCUT2D eigenvalue weighted by molar-refractivity contribution is 5.81. The van der Waals surface area contributed by atoms with Gasteiger partial charge in [0.2, 0.25) is 0 Å². The molecule has 1 aromatic carbocycles. The molecule has 11 heteroatoms. The lowest BCUT2D eigenvalue weighted by Gasteiger charge is -2.29. The van der Waals surface area contributed by atoms with Crippen LogP contribution in [-0.2, 0) is 35.0 Å². The minimum Gasteiger partial charge on any atom is -0.468 e. The number of benzene rings is 1. The molecule has 0 saturated carbocycles. The Morgan fingerprint density at radius 2 is 1.35 bits per heavy atom. The van der Waals surface area contributed by atoms with Crippen LogP contribution in [-0.4, -0.2) is 55.2 Å². The fourth-order valence-corrected chi connectivity index (χ4v) is 3.60. The first-order chi connectivity index (χ1) is 18.8. The van der Waals surface area contributed by atoms with Gasteiger partial charge in [0.1, 0.15) is 23.9 Å². The second kappa shape index (κ2) is 16.7. The standard InChI is InChI=1S/C29H45NO10/c1-9-18(4)14-25(31)36-21(7)16-29(30,26(32)35-8)17-22-12-13-23(39-27(33)37-19(5)10-2)24(15-22)40-28(34)38-20(6)11-3/h12-13,15,18-21H,9-11,14,16-17,30H2,1-8H3/t18?,19?,20?,21-,29?/m0/s1. The average Bonchev–Trinajstić information content (AvgIpc) is 2.88. The van der Waals surface area contributed by atoms with E-state index in [-0.39, 0.29) is 48.8 Å². The van der Waals surface area contributed by atoms with Crippen molar-refractivity contribution in [1.29, 1.82) is 0 Å². The minimum absolute atomic E-state index is 0.0301. The predicted octanol–water partition coefficient (Wildman–Crippen LogP) is 5.49. The summed E-state index contributed by atoms with van der Waals surface area (Å²) in [6.45, 7) is 12.7. The molecule has 0 fully saturated rings. The van der Waals surface area contributed by atoms with E-state index in [9.17, 15) is 19.2 Å². The summed E-state index contributed by atoms with van der Waals surface area (Å²) >= 11 is 0. The third kappa shape index (κ3) is 11.8. The van der Waals surface area contributed by atoms with Gasteiger partial charge in [0.15, 0.2) is 11.5 Å². The van der Waals surface area contributed by atoms with Gasteiger partial charge in [-0.25, -0.2) is 9.59 Å². The number of carbonyl (C=O) groups is 4. The van der Waals surface area contributed by atoms with Crippen molar-refractivity contribution < 1.29 is 47.6 Å². The van der Waals surface area contributed by atoms with Gasteiger partial charge in [-0.3, -0.25) is 9.59 Å². The number of esters is 2. The third-order valence-electron chi connectivity index (χ3n) is 6.45. The number of ether oxygens (including phenoxy) is 6. The van der Waals surface area contributed by atoms with E-state index < -0.39 is 36.0 Å². The zero-order chi connectivity index (χ0) is 30.5. The van der Waals surface area contributed by atoms with Gasteiger partial charge in [0.05, 0.1) is 7.11 Å². The lowest BCUT2D eigenvalue weighted by Crippen LogP contribution is -2.53. The first kappa shape index (κ1) is 34.7. The van der Waals surface area contributed by atoms with Gasteiger partial charge in [-0.1, -0.05) is 40.2 Å². The summed E-state index contributed by atoms with van der Waals surface area (Å²) in [5.41, 5.74) is 5.38. The third-order valence-corrected chi connectivity index (χ3v) is 6.45. The zero-order valence-electron chi connectivity index (χ0n) is 24.9. The number of hydrogen-bond acceptors (Lipinski definition) is 11. The number of hydrogen-bond donors (Lipinski definition) is 1. The van der Waals surface area contributed by atoms with Crippen LogP contribution in [0.25, 0.3) is 0 Å². The van der Waals surface area contributed by atoms with E-state index in [1.54, 1.807) is 26.8 Å². The molecule has 226 valence electrons. The summed E-state index contributed by atoms with van der Waals surface area (Å²) in [6, 6.07) is 4.36. The van der Waals surface area contributed by atoms with E-state index in [2.05, 4.69) is 0 Å². The van der Waals surface area contributed by atoms with Crippen molar-refractivity contribution in [1.82, 2.24) is 0 Å². The highest BCUT2D eigenvalue weighted by atomic mass is 16.7. The van der Waals surface area contributed by atoms with E-state index >= 15 is 0 Å². The first-order valence-corrected chi connectivity index (χ1v) is 13.7. The molecule has 0 aliphatic carbocycles. The molecule has 0 heterocycles. The number of rotatable bonds is 15. The maximum Gasteiger partial charge on any atom is 0.514 e. The first-order valence-electron chi connectivity index (χ1n) is 13.7. The zero-order valence-corrected chi connectivity index (χ0v) is 24.9. The fourth-order valence-electron chi connectivity index (χ4n) is 3.60. The van der Waals surface area contributed by atoms with Crippen LogP contribution in [0, 0.1) is 5.92 Å². The van der Waals surface area contributed by atoms with Gasteiger partial charge in [0.25, 0.3) is 0 Å². The molecule has 0 saturated heterocycles. The van der Waals surface area contributed by atoms with Crippen molar-refractivity contribution in [2.24, 2.45) is 11.7 Å². The van der Waals surface area contributed by atoms with E-state index in [0.717, 1.165) is 6.42 Å². The van der Waals surface area contributed by atoms with E-state index in [4.69, 9.17) is 34.2 Å². The summed E-state index contributed by atoms with van der Waals surface area (Å²) < 4.78 is 31.4. The van der Waals surface area contributed by atoms with Gasteiger partial charge in [-0.05, 0) is 57.2 Å². The van der Waals surface area contributed by atoms with Crippen molar-refractivity contribution in [3.63, 3.8) is 0 Å². The number of methoxy groups -OCH3 is 1. The summed E-state index contributed by atoms with van der Waals surface area (Å²) in [5.74, 6) is -1.15. The largest absolute Gasteiger partial charge is 0.514 e. The normalized spacial score (nSPS) is 15.4. The van der Waals surface area contributed by atoms with Gasteiger partial charge in [-0.2, -0.15) is 0 Å². The van der Waals surface area contributed by atoms with E-state index in [1.165, 1.54) is 19.2 Å². The average molecular weight is 568 g/mol. The Hall–Kier alpha value is -3.34. The molecule has 0 radical (unpaired) electrons. The summed E-state index contributed by atoms with van der Waals surface area (Å²) in [5, 5.41) is 0. The fraction of sp³-hybridized carbons (Fsp3) is 0.655. The molecule has 5 atom stereocenters. The van der Waals surface area contributed by atoms with Crippen molar-refractivity contribution >= 4 is 24.2 Å². The molecule has 4 unspecified atom stereocenters. The molecule has 0 aliphatic rings. The quantitative estimate of drug-likeness (QED) is 0.163. The van der Waals surface area contributed by atoms with Crippen molar-refractivity contribution in [3.05, 3.63) is 23.8 Å². The second-order valence-electron chi connectivity index (χ2n) is 10.2. The van der Waals surface area contributed by atoms with Crippen LogP contribution in [0.3, 0.4) is 0 Å². The van der Waals surface area contributed by atoms with Gasteiger partial charge < -0.3 is 34.2 Å². The van der Waals surface area contributed by atoms with Gasteiger partial charge >= 0.3 is 24.2 Å². The van der Waals surface area contributed by atoms with Crippen LogP contribution in [0.5, 0.6) is 11.5 Å². The maximum absolute atomic E-state index is 12.8. The second-order valence-corrected chi connectivity index (χ2v) is 10.2. The monoisotopic (exact) mass is 567 g/mol. The lowest BCUT2D eigenvalue weighted by atomic mass is 9.86. The molecule has 0 bridgehead atoms. The minimum atomic E-state index is -1.59. The Morgan fingerprint density at radius 1 is 0.800 bits per heavy atom. The molecule has 1 aromatic rings. The molecule has 2 N–H and O–H groups in total. The van der Waals surface area contributed by atoms with Crippen LogP contribution >= 0.6 is 0 Å². The van der Waals surface area contributed by atoms with E-state index in [1.807, 2.05) is 27.7 Å². The molecular formula is C29H45NO10. The lowest BCUT2D eigenvalue weighted by molar-refractivity contribution is -0.155. The van der Waals surface area contributed by atoms with Crippen LogP contribution < -0.4 is 15.2 Å². The summed E-state index contributed by atoms with van der Waals surface area (Å²) in [4.78, 5) is 49.7. The molecule has 40 heavy (non-hydrogen) atoms.